The lowest BCUT2D eigenvalue weighted by Gasteiger charge is -2.23. The highest BCUT2D eigenvalue weighted by molar-refractivity contribution is 5.93. The van der Waals surface area contributed by atoms with Crippen molar-refractivity contribution < 1.29 is 23.8 Å². The Morgan fingerprint density at radius 1 is 0.939 bits per heavy atom. The number of carbonyl (C=O) groups is 2. The number of amides is 1. The number of unbranched alkanes of at least 4 members (excludes halogenated alkanes) is 1. The number of aliphatic carboxylic acids is 1. The molecule has 3 aromatic rings. The normalized spacial score (nSPS) is 10.6. The molecule has 0 unspecified atom stereocenters. The minimum atomic E-state index is -0.894. The Balaban J connectivity index is 1.70. The predicted octanol–water partition coefficient (Wildman–Crippen LogP) is 6.07. The summed E-state index contributed by atoms with van der Waals surface area (Å²) in [6.07, 6.45) is 2.09. The number of carboxylic acid groups (broad SMARTS) is 1. The molecule has 33 heavy (non-hydrogen) atoms. The number of hydrogen-bond donors (Lipinski definition) is 1. The molecule has 0 saturated heterocycles. The van der Waals surface area contributed by atoms with E-state index in [0.717, 1.165) is 29.5 Å². The first-order chi connectivity index (χ1) is 16.0. The van der Waals surface area contributed by atoms with Crippen LogP contribution in [-0.2, 0) is 16.1 Å². The van der Waals surface area contributed by atoms with Gasteiger partial charge in [0.25, 0.3) is 0 Å². The zero-order valence-corrected chi connectivity index (χ0v) is 18.7. The first kappa shape index (κ1) is 24.0. The van der Waals surface area contributed by atoms with Crippen LogP contribution < -0.4 is 9.64 Å². The molecular weight excluding hydrogens is 421 g/mol. The first-order valence-corrected chi connectivity index (χ1v) is 11.1. The van der Waals surface area contributed by atoms with Crippen molar-refractivity contribution >= 4 is 17.6 Å². The summed E-state index contributed by atoms with van der Waals surface area (Å²) >= 11 is 0. The highest BCUT2D eigenvalue weighted by Crippen LogP contribution is 2.25. The third kappa shape index (κ3) is 7.17. The monoisotopic (exact) mass is 449 g/mol. The molecule has 5 nitrogen and oxygen atoms in total. The summed E-state index contributed by atoms with van der Waals surface area (Å²) in [7, 11) is 0. The molecule has 3 rings (SSSR count). The van der Waals surface area contributed by atoms with Crippen molar-refractivity contribution in [3.8, 4) is 16.9 Å². The molecular formula is C27H28FNO4. The molecule has 0 aliphatic rings. The van der Waals surface area contributed by atoms with Gasteiger partial charge in [0.2, 0.25) is 5.91 Å². The summed E-state index contributed by atoms with van der Waals surface area (Å²) in [5.74, 6) is -0.667. The smallest absolute Gasteiger partial charge is 0.306 e. The molecule has 1 N–H and O–H groups in total. The quantitative estimate of drug-likeness (QED) is 0.386. The van der Waals surface area contributed by atoms with Gasteiger partial charge in [-0.05, 0) is 53.4 Å². The van der Waals surface area contributed by atoms with Gasteiger partial charge in [-0.2, -0.15) is 0 Å². The SMILES string of the molecule is CCCCC(=O)N(Cc1ccc(-c2ccc(OCCC(=O)O)cc2)cc1)c1cccc(F)c1. The van der Waals surface area contributed by atoms with Crippen molar-refractivity contribution in [1.29, 1.82) is 0 Å². The Labute approximate surface area is 193 Å². The van der Waals surface area contributed by atoms with E-state index in [-0.39, 0.29) is 24.8 Å². The van der Waals surface area contributed by atoms with E-state index in [1.165, 1.54) is 12.1 Å². The second kappa shape index (κ2) is 11.8. The molecule has 0 aliphatic heterocycles. The summed E-state index contributed by atoms with van der Waals surface area (Å²) in [6, 6.07) is 21.5. The lowest BCUT2D eigenvalue weighted by atomic mass is 10.0. The van der Waals surface area contributed by atoms with Crippen molar-refractivity contribution in [3.63, 3.8) is 0 Å². The Morgan fingerprint density at radius 2 is 1.61 bits per heavy atom. The van der Waals surface area contributed by atoms with Crippen molar-refractivity contribution in [2.24, 2.45) is 0 Å². The molecule has 3 aromatic carbocycles. The molecule has 1 amide bonds. The average Bonchev–Trinajstić information content (AvgIpc) is 2.81. The first-order valence-electron chi connectivity index (χ1n) is 11.1. The predicted molar refractivity (Wildman–Crippen MR) is 127 cm³/mol. The van der Waals surface area contributed by atoms with Crippen LogP contribution >= 0.6 is 0 Å². The fourth-order valence-corrected chi connectivity index (χ4v) is 3.42. The second-order valence-corrected chi connectivity index (χ2v) is 7.78. The molecule has 0 fully saturated rings. The van der Waals surface area contributed by atoms with Crippen LogP contribution in [0.3, 0.4) is 0 Å². The van der Waals surface area contributed by atoms with Crippen molar-refractivity contribution in [2.45, 2.75) is 39.2 Å². The summed E-state index contributed by atoms with van der Waals surface area (Å²) in [4.78, 5) is 25.0. The minimum absolute atomic E-state index is 0.0231. The van der Waals surface area contributed by atoms with E-state index < -0.39 is 5.97 Å². The molecule has 0 saturated carbocycles. The molecule has 0 bridgehead atoms. The number of ether oxygens (including phenoxy) is 1. The van der Waals surface area contributed by atoms with E-state index in [1.54, 1.807) is 17.0 Å². The zero-order chi connectivity index (χ0) is 23.6. The topological polar surface area (TPSA) is 66.8 Å². The van der Waals surface area contributed by atoms with Crippen LogP contribution in [0.5, 0.6) is 5.75 Å². The van der Waals surface area contributed by atoms with Gasteiger partial charge >= 0.3 is 5.97 Å². The number of hydrogen-bond acceptors (Lipinski definition) is 3. The van der Waals surface area contributed by atoms with Gasteiger partial charge in [-0.1, -0.05) is 55.8 Å². The highest BCUT2D eigenvalue weighted by Gasteiger charge is 2.16. The number of benzene rings is 3. The summed E-state index contributed by atoms with van der Waals surface area (Å²) in [5.41, 5.74) is 3.50. The number of halogens is 1. The summed E-state index contributed by atoms with van der Waals surface area (Å²) < 4.78 is 19.2. The van der Waals surface area contributed by atoms with Crippen LogP contribution in [0.2, 0.25) is 0 Å². The van der Waals surface area contributed by atoms with E-state index in [0.29, 0.717) is 24.4 Å². The van der Waals surface area contributed by atoms with Gasteiger partial charge < -0.3 is 14.7 Å². The van der Waals surface area contributed by atoms with Crippen LogP contribution in [-0.4, -0.2) is 23.6 Å². The van der Waals surface area contributed by atoms with E-state index in [2.05, 4.69) is 0 Å². The van der Waals surface area contributed by atoms with Gasteiger partial charge in [-0.25, -0.2) is 4.39 Å². The molecule has 0 heterocycles. The van der Waals surface area contributed by atoms with Gasteiger partial charge in [0.15, 0.2) is 0 Å². The lowest BCUT2D eigenvalue weighted by Crippen LogP contribution is -2.30. The van der Waals surface area contributed by atoms with Crippen LogP contribution in [0.25, 0.3) is 11.1 Å². The van der Waals surface area contributed by atoms with Gasteiger partial charge in [0.1, 0.15) is 11.6 Å². The van der Waals surface area contributed by atoms with Crippen LogP contribution in [0.4, 0.5) is 10.1 Å². The average molecular weight is 450 g/mol. The maximum atomic E-state index is 13.8. The molecule has 0 aromatic heterocycles. The van der Waals surface area contributed by atoms with E-state index >= 15 is 0 Å². The number of carbonyl (C=O) groups excluding carboxylic acids is 1. The fourth-order valence-electron chi connectivity index (χ4n) is 3.42. The molecule has 0 aliphatic carbocycles. The Morgan fingerprint density at radius 3 is 2.21 bits per heavy atom. The van der Waals surface area contributed by atoms with Crippen LogP contribution in [0.15, 0.2) is 72.8 Å². The Bertz CT molecular complexity index is 1060. The second-order valence-electron chi connectivity index (χ2n) is 7.78. The third-order valence-electron chi connectivity index (χ3n) is 5.23. The van der Waals surface area contributed by atoms with Crippen molar-refractivity contribution in [3.05, 3.63) is 84.2 Å². The maximum Gasteiger partial charge on any atom is 0.306 e. The highest BCUT2D eigenvalue weighted by atomic mass is 19.1. The Kier molecular flexibility index (Phi) is 8.58. The number of nitrogens with zero attached hydrogens (tertiary/aromatic N) is 1. The number of anilines is 1. The molecule has 6 heteroatoms. The summed E-state index contributed by atoms with van der Waals surface area (Å²) in [6.45, 7) is 2.53. The fraction of sp³-hybridized carbons (Fsp3) is 0.259. The van der Waals surface area contributed by atoms with Gasteiger partial charge in [-0.3, -0.25) is 9.59 Å². The molecule has 0 atom stereocenters. The Hall–Kier alpha value is -3.67. The largest absolute Gasteiger partial charge is 0.493 e. The molecule has 172 valence electrons. The van der Waals surface area contributed by atoms with E-state index in [4.69, 9.17) is 9.84 Å². The van der Waals surface area contributed by atoms with Gasteiger partial charge in [0, 0.05) is 12.1 Å². The van der Waals surface area contributed by atoms with Crippen LogP contribution in [0.1, 0.15) is 38.2 Å². The lowest BCUT2D eigenvalue weighted by molar-refractivity contribution is -0.137. The van der Waals surface area contributed by atoms with Crippen molar-refractivity contribution in [2.75, 3.05) is 11.5 Å². The van der Waals surface area contributed by atoms with E-state index in [9.17, 15) is 14.0 Å². The van der Waals surface area contributed by atoms with E-state index in [1.807, 2.05) is 55.5 Å². The number of rotatable bonds is 11. The number of carboxylic acids is 1. The van der Waals surface area contributed by atoms with Crippen LogP contribution in [0, 0.1) is 5.82 Å². The van der Waals surface area contributed by atoms with Gasteiger partial charge in [0.05, 0.1) is 19.6 Å². The third-order valence-corrected chi connectivity index (χ3v) is 5.23. The molecule has 0 spiro atoms. The minimum Gasteiger partial charge on any atom is -0.493 e. The van der Waals surface area contributed by atoms with Crippen molar-refractivity contribution in [1.82, 2.24) is 0 Å². The van der Waals surface area contributed by atoms with Gasteiger partial charge in [-0.15, -0.1) is 0 Å². The summed E-state index contributed by atoms with van der Waals surface area (Å²) in [5, 5.41) is 8.69. The molecule has 0 radical (unpaired) electrons. The standard InChI is InChI=1S/C27H28FNO4/c1-2-3-7-26(30)29(24-6-4-5-23(28)18-24)19-20-8-10-21(11-9-20)22-12-14-25(15-13-22)33-17-16-27(31)32/h4-6,8-15,18H,2-3,7,16-17,19H2,1H3,(H,31,32). The maximum absolute atomic E-state index is 13.8. The zero-order valence-electron chi connectivity index (χ0n) is 18.7.